The highest BCUT2D eigenvalue weighted by Crippen LogP contribution is 2.07. The Bertz CT molecular complexity index is 964. The quantitative estimate of drug-likeness (QED) is 0.158. The molecule has 35 heavy (non-hydrogen) atoms. The average molecular weight is 486 g/mol. The van der Waals surface area contributed by atoms with E-state index in [0.29, 0.717) is 38.5 Å². The number of benzene rings is 1. The number of carbonyl (C=O) groups excluding carboxylic acids is 4. The van der Waals surface area contributed by atoms with Gasteiger partial charge < -0.3 is 36.8 Å². The molecular weight excluding hydrogens is 450 g/mol. The molecule has 11 heteroatoms. The van der Waals surface area contributed by atoms with Crippen LogP contribution < -0.4 is 27.4 Å². The Morgan fingerprint density at radius 2 is 1.71 bits per heavy atom. The minimum absolute atomic E-state index is 0.163. The lowest BCUT2D eigenvalue weighted by Gasteiger charge is -2.24. The van der Waals surface area contributed by atoms with Gasteiger partial charge in [-0.3, -0.25) is 14.4 Å². The van der Waals surface area contributed by atoms with Crippen LogP contribution in [0.15, 0.2) is 42.9 Å². The fourth-order valence-corrected chi connectivity index (χ4v) is 3.57. The predicted molar refractivity (Wildman–Crippen MR) is 131 cm³/mol. The third kappa shape index (κ3) is 9.30. The van der Waals surface area contributed by atoms with E-state index >= 15 is 0 Å². The van der Waals surface area contributed by atoms with Crippen LogP contribution in [0.1, 0.15) is 30.5 Å². The van der Waals surface area contributed by atoms with E-state index in [-0.39, 0.29) is 13.0 Å². The van der Waals surface area contributed by atoms with Crippen LogP contribution in [0.2, 0.25) is 0 Å². The molecule has 3 atom stereocenters. The van der Waals surface area contributed by atoms with Crippen LogP contribution in [0, 0.1) is 0 Å². The van der Waals surface area contributed by atoms with Crippen LogP contribution in [0.4, 0.5) is 0 Å². The van der Waals surface area contributed by atoms with Gasteiger partial charge in [-0.25, -0.2) is 4.98 Å². The number of aldehydes is 1. The van der Waals surface area contributed by atoms with Gasteiger partial charge in [0, 0.05) is 25.4 Å². The zero-order valence-electron chi connectivity index (χ0n) is 20.0. The van der Waals surface area contributed by atoms with E-state index in [2.05, 4.69) is 20.9 Å². The van der Waals surface area contributed by atoms with Crippen LogP contribution in [0.5, 0.6) is 0 Å². The standard InChI is InChI=1S/C24H35N7O4/c1-31-16-27-14-19(31)12-21(29-22(33)13-26)24(35)30-20(9-5-6-10-25)23(34)28-18(15-32)11-17-7-3-2-4-8-17/h2-4,7-8,14-16,18,20-21H,5-6,9-13,25-26H2,1H3,(H,28,34)(H,29,33)(H,30,35)/t18-,20-,21-/m0/s1. The molecule has 0 fully saturated rings. The lowest BCUT2D eigenvalue weighted by molar-refractivity contribution is -0.132. The van der Waals surface area contributed by atoms with Gasteiger partial charge in [0.05, 0.1) is 18.9 Å². The maximum absolute atomic E-state index is 13.2. The second-order valence-corrected chi connectivity index (χ2v) is 8.31. The Balaban J connectivity index is 2.13. The van der Waals surface area contributed by atoms with Crippen molar-refractivity contribution < 1.29 is 19.2 Å². The van der Waals surface area contributed by atoms with Crippen molar-refractivity contribution in [1.82, 2.24) is 25.5 Å². The van der Waals surface area contributed by atoms with Crippen LogP contribution in [-0.2, 0) is 39.1 Å². The van der Waals surface area contributed by atoms with Gasteiger partial charge in [-0.05, 0) is 37.8 Å². The van der Waals surface area contributed by atoms with Gasteiger partial charge in [-0.1, -0.05) is 30.3 Å². The first-order valence-electron chi connectivity index (χ1n) is 11.6. The number of carbonyl (C=O) groups is 4. The summed E-state index contributed by atoms with van der Waals surface area (Å²) < 4.78 is 1.73. The molecule has 0 bridgehead atoms. The highest BCUT2D eigenvalue weighted by atomic mass is 16.2. The molecule has 0 aliphatic carbocycles. The number of nitrogens with one attached hydrogen (secondary N) is 3. The van der Waals surface area contributed by atoms with E-state index < -0.39 is 35.8 Å². The van der Waals surface area contributed by atoms with Crippen molar-refractivity contribution in [2.45, 2.75) is 50.2 Å². The summed E-state index contributed by atoms with van der Waals surface area (Å²) in [6.45, 7) is 0.166. The van der Waals surface area contributed by atoms with Crippen molar-refractivity contribution in [2.75, 3.05) is 13.1 Å². The molecule has 0 unspecified atom stereocenters. The lowest BCUT2D eigenvalue weighted by Crippen LogP contribution is -2.56. The number of hydrogen-bond donors (Lipinski definition) is 5. The van der Waals surface area contributed by atoms with Gasteiger partial charge in [-0.2, -0.15) is 0 Å². The maximum atomic E-state index is 13.2. The first kappa shape index (κ1) is 27.7. The van der Waals surface area contributed by atoms with Crippen LogP contribution in [0.3, 0.4) is 0 Å². The van der Waals surface area contributed by atoms with E-state index in [1.54, 1.807) is 24.1 Å². The molecule has 3 amide bonds. The minimum Gasteiger partial charge on any atom is -0.344 e. The molecule has 0 spiro atoms. The Morgan fingerprint density at radius 3 is 2.31 bits per heavy atom. The lowest BCUT2D eigenvalue weighted by atomic mass is 10.0. The molecule has 1 aromatic carbocycles. The number of aromatic nitrogens is 2. The minimum atomic E-state index is -0.961. The zero-order valence-corrected chi connectivity index (χ0v) is 20.0. The van der Waals surface area contributed by atoms with Gasteiger partial charge in [0.25, 0.3) is 0 Å². The number of hydrogen-bond acceptors (Lipinski definition) is 7. The SMILES string of the molecule is Cn1cncc1C[C@H](NC(=O)CN)C(=O)N[C@@H](CCCCN)C(=O)N[C@H](C=O)Cc1ccccc1. The molecule has 0 aliphatic heterocycles. The summed E-state index contributed by atoms with van der Waals surface area (Å²) in [6.07, 6.45) is 5.95. The highest BCUT2D eigenvalue weighted by molar-refractivity contribution is 5.93. The van der Waals surface area contributed by atoms with Gasteiger partial charge in [0.2, 0.25) is 17.7 Å². The number of amides is 3. The van der Waals surface area contributed by atoms with Crippen molar-refractivity contribution in [3.05, 3.63) is 54.1 Å². The molecule has 1 heterocycles. The van der Waals surface area contributed by atoms with Crippen LogP contribution >= 0.6 is 0 Å². The molecule has 2 aromatic rings. The molecule has 2 rings (SSSR count). The van der Waals surface area contributed by atoms with Crippen molar-refractivity contribution in [3.8, 4) is 0 Å². The summed E-state index contributed by atoms with van der Waals surface area (Å²) >= 11 is 0. The summed E-state index contributed by atoms with van der Waals surface area (Å²) in [7, 11) is 1.78. The van der Waals surface area contributed by atoms with E-state index in [1.807, 2.05) is 30.3 Å². The van der Waals surface area contributed by atoms with Crippen molar-refractivity contribution in [3.63, 3.8) is 0 Å². The average Bonchev–Trinajstić information content (AvgIpc) is 3.27. The Hall–Kier alpha value is -3.57. The van der Waals surface area contributed by atoms with Gasteiger partial charge in [0.1, 0.15) is 18.4 Å². The van der Waals surface area contributed by atoms with Crippen LogP contribution in [0.25, 0.3) is 0 Å². The summed E-state index contributed by atoms with van der Waals surface area (Å²) in [5.74, 6) is -1.51. The largest absolute Gasteiger partial charge is 0.344 e. The number of imidazole rings is 1. The summed E-state index contributed by atoms with van der Waals surface area (Å²) in [5.41, 5.74) is 12.6. The normalized spacial score (nSPS) is 13.3. The topological polar surface area (TPSA) is 174 Å². The number of nitrogens with two attached hydrogens (primary N) is 2. The smallest absolute Gasteiger partial charge is 0.243 e. The van der Waals surface area contributed by atoms with Gasteiger partial charge in [-0.15, -0.1) is 0 Å². The molecule has 11 nitrogen and oxygen atoms in total. The number of aryl methyl sites for hydroxylation is 1. The first-order chi connectivity index (χ1) is 16.9. The summed E-state index contributed by atoms with van der Waals surface area (Å²) in [6, 6.07) is 6.69. The highest BCUT2D eigenvalue weighted by Gasteiger charge is 2.28. The summed E-state index contributed by atoms with van der Waals surface area (Å²) in [4.78, 5) is 53.9. The monoisotopic (exact) mass is 485 g/mol. The van der Waals surface area contributed by atoms with Crippen molar-refractivity contribution >= 4 is 24.0 Å². The third-order valence-corrected chi connectivity index (χ3v) is 5.54. The summed E-state index contributed by atoms with van der Waals surface area (Å²) in [5, 5.41) is 8.06. The Kier molecular flexibility index (Phi) is 11.6. The third-order valence-electron chi connectivity index (χ3n) is 5.54. The number of rotatable bonds is 15. The van der Waals surface area contributed by atoms with Crippen molar-refractivity contribution in [2.24, 2.45) is 18.5 Å². The second-order valence-electron chi connectivity index (χ2n) is 8.31. The molecule has 0 saturated carbocycles. The van der Waals surface area contributed by atoms with E-state index in [1.165, 1.54) is 0 Å². The zero-order chi connectivity index (χ0) is 25.6. The Labute approximate surface area is 205 Å². The molecule has 0 aliphatic rings. The Morgan fingerprint density at radius 1 is 1.00 bits per heavy atom. The first-order valence-corrected chi connectivity index (χ1v) is 11.6. The fraction of sp³-hybridized carbons (Fsp3) is 0.458. The molecule has 7 N–H and O–H groups in total. The van der Waals surface area contributed by atoms with Gasteiger partial charge in [0.15, 0.2) is 0 Å². The van der Waals surface area contributed by atoms with Crippen molar-refractivity contribution in [1.29, 1.82) is 0 Å². The maximum Gasteiger partial charge on any atom is 0.243 e. The van der Waals surface area contributed by atoms with E-state index in [9.17, 15) is 19.2 Å². The molecule has 0 saturated heterocycles. The number of unbranched alkanes of at least 4 members (excludes halogenated alkanes) is 1. The predicted octanol–water partition coefficient (Wildman–Crippen LogP) is -1.05. The van der Waals surface area contributed by atoms with E-state index in [4.69, 9.17) is 11.5 Å². The number of nitrogens with zero attached hydrogens (tertiary/aromatic N) is 2. The van der Waals surface area contributed by atoms with E-state index in [0.717, 1.165) is 11.3 Å². The molecular formula is C24H35N7O4. The fourth-order valence-electron chi connectivity index (χ4n) is 3.57. The molecule has 190 valence electrons. The second kappa shape index (κ2) is 14.6. The van der Waals surface area contributed by atoms with Gasteiger partial charge >= 0.3 is 0 Å². The molecule has 1 aromatic heterocycles. The molecule has 0 radical (unpaired) electrons. The van der Waals surface area contributed by atoms with Crippen LogP contribution in [-0.4, -0.2) is 64.8 Å².